The highest BCUT2D eigenvalue weighted by Gasteiger charge is 2.25. The van der Waals surface area contributed by atoms with Gasteiger partial charge in [0.05, 0.1) is 18.8 Å². The lowest BCUT2D eigenvalue weighted by atomic mass is 9.94. The zero-order chi connectivity index (χ0) is 16.3. The summed E-state index contributed by atoms with van der Waals surface area (Å²) in [5, 5.41) is 0. The Hall–Kier alpha value is -1.32. The summed E-state index contributed by atoms with van der Waals surface area (Å²) in [4.78, 5) is 24.5. The molecule has 0 unspecified atom stereocenters. The van der Waals surface area contributed by atoms with Crippen molar-refractivity contribution in [2.24, 2.45) is 5.92 Å². The van der Waals surface area contributed by atoms with Gasteiger partial charge in [-0.2, -0.15) is 0 Å². The number of unbranched alkanes of at least 4 members (excludes halogenated alkanes) is 1. The highest BCUT2D eigenvalue weighted by molar-refractivity contribution is 6.00. The molecule has 0 rings (SSSR count). The molecule has 0 saturated heterocycles. The van der Waals surface area contributed by atoms with Crippen LogP contribution in [0.1, 0.15) is 66.7 Å². The monoisotopic (exact) mass is 298 g/mol. The molecular weight excluding hydrogens is 268 g/mol. The van der Waals surface area contributed by atoms with E-state index in [1.54, 1.807) is 0 Å². The Labute approximate surface area is 128 Å². The molecule has 4 nitrogen and oxygen atoms in total. The summed E-state index contributed by atoms with van der Waals surface area (Å²) in [7, 11) is 0. The van der Waals surface area contributed by atoms with Gasteiger partial charge in [0.25, 0.3) is 0 Å². The first-order valence-electron chi connectivity index (χ1n) is 8.06. The second-order valence-electron chi connectivity index (χ2n) is 5.42. The van der Waals surface area contributed by atoms with Crippen LogP contribution in [0.15, 0.2) is 11.1 Å². The van der Waals surface area contributed by atoms with Crippen LogP contribution < -0.4 is 0 Å². The van der Waals surface area contributed by atoms with Crippen LogP contribution in [0, 0.1) is 5.92 Å². The highest BCUT2D eigenvalue weighted by Crippen LogP contribution is 2.23. The van der Waals surface area contributed by atoms with E-state index < -0.39 is 0 Å². The smallest absolute Gasteiger partial charge is 0.334 e. The van der Waals surface area contributed by atoms with Crippen molar-refractivity contribution in [1.29, 1.82) is 0 Å². The maximum Gasteiger partial charge on any atom is 0.334 e. The van der Waals surface area contributed by atoms with Gasteiger partial charge in [-0.3, -0.25) is 0 Å². The molecule has 0 aromatic rings. The summed E-state index contributed by atoms with van der Waals surface area (Å²) in [6.07, 6.45) is 3.91. The third-order valence-electron chi connectivity index (χ3n) is 3.02. The molecule has 0 aliphatic rings. The van der Waals surface area contributed by atoms with Gasteiger partial charge in [0.1, 0.15) is 0 Å². The van der Waals surface area contributed by atoms with E-state index in [1.807, 2.05) is 27.7 Å². The summed E-state index contributed by atoms with van der Waals surface area (Å²) in [6, 6.07) is 0. The van der Waals surface area contributed by atoms with Crippen LogP contribution in [0.4, 0.5) is 0 Å². The first-order valence-corrected chi connectivity index (χ1v) is 8.06. The molecule has 0 radical (unpaired) electrons. The SMILES string of the molecule is CCCCC(C(=O)OCCC)=C(C(=O)OCCC)C(C)C. The molecule has 0 aromatic heterocycles. The van der Waals surface area contributed by atoms with Crippen molar-refractivity contribution >= 4 is 11.9 Å². The number of esters is 2. The Morgan fingerprint density at radius 1 is 0.857 bits per heavy atom. The number of hydrogen-bond acceptors (Lipinski definition) is 4. The van der Waals surface area contributed by atoms with Gasteiger partial charge in [-0.1, -0.05) is 41.0 Å². The van der Waals surface area contributed by atoms with Crippen molar-refractivity contribution in [3.05, 3.63) is 11.1 Å². The molecule has 0 heterocycles. The van der Waals surface area contributed by atoms with Gasteiger partial charge >= 0.3 is 11.9 Å². The van der Waals surface area contributed by atoms with Crippen molar-refractivity contribution in [2.75, 3.05) is 13.2 Å². The molecule has 21 heavy (non-hydrogen) atoms. The number of carbonyl (C=O) groups is 2. The first kappa shape index (κ1) is 19.7. The average molecular weight is 298 g/mol. The van der Waals surface area contributed by atoms with Crippen molar-refractivity contribution in [2.45, 2.75) is 66.7 Å². The van der Waals surface area contributed by atoms with Gasteiger partial charge in [0, 0.05) is 5.57 Å². The normalized spacial score (nSPS) is 12.1. The van der Waals surface area contributed by atoms with E-state index in [0.717, 1.165) is 25.7 Å². The summed E-state index contributed by atoms with van der Waals surface area (Å²) in [5.41, 5.74) is 0.958. The zero-order valence-corrected chi connectivity index (χ0v) is 14.2. The first-order chi connectivity index (χ1) is 9.99. The maximum absolute atomic E-state index is 12.2. The van der Waals surface area contributed by atoms with E-state index in [1.165, 1.54) is 0 Å². The van der Waals surface area contributed by atoms with Crippen molar-refractivity contribution in [3.63, 3.8) is 0 Å². The Morgan fingerprint density at radius 3 is 1.81 bits per heavy atom. The van der Waals surface area contributed by atoms with Crippen LogP contribution >= 0.6 is 0 Å². The van der Waals surface area contributed by atoms with E-state index in [0.29, 0.717) is 30.8 Å². The van der Waals surface area contributed by atoms with Crippen LogP contribution in [0.5, 0.6) is 0 Å². The maximum atomic E-state index is 12.2. The summed E-state index contributed by atoms with van der Waals surface area (Å²) >= 11 is 0. The molecule has 0 saturated carbocycles. The largest absolute Gasteiger partial charge is 0.462 e. The van der Waals surface area contributed by atoms with E-state index in [2.05, 4.69) is 6.92 Å². The fourth-order valence-corrected chi connectivity index (χ4v) is 1.96. The van der Waals surface area contributed by atoms with Gasteiger partial charge in [0.15, 0.2) is 0 Å². The van der Waals surface area contributed by atoms with Crippen LogP contribution in [-0.2, 0) is 19.1 Å². The molecule has 0 spiro atoms. The molecule has 0 aliphatic carbocycles. The second-order valence-corrected chi connectivity index (χ2v) is 5.42. The Balaban J connectivity index is 5.36. The standard InChI is InChI=1S/C17H30O4/c1-6-9-10-14(16(18)20-11-7-2)15(13(4)5)17(19)21-12-8-3/h13H,6-12H2,1-5H3. The number of ether oxygens (including phenoxy) is 2. The van der Waals surface area contributed by atoms with Gasteiger partial charge in [-0.05, 0) is 31.6 Å². The summed E-state index contributed by atoms with van der Waals surface area (Å²) in [6.45, 7) is 10.5. The van der Waals surface area contributed by atoms with Gasteiger partial charge in [0.2, 0.25) is 0 Å². The molecule has 122 valence electrons. The number of hydrogen-bond donors (Lipinski definition) is 0. The quantitative estimate of drug-likeness (QED) is 0.451. The molecule has 0 fully saturated rings. The second kappa shape index (κ2) is 11.4. The van der Waals surface area contributed by atoms with Crippen LogP contribution in [0.3, 0.4) is 0 Å². The van der Waals surface area contributed by atoms with Crippen molar-refractivity contribution in [1.82, 2.24) is 0 Å². The predicted octanol–water partition coefficient (Wildman–Crippen LogP) is 4.04. The molecule has 4 heteroatoms. The van der Waals surface area contributed by atoms with Crippen LogP contribution in [-0.4, -0.2) is 25.2 Å². The molecule has 0 bridgehead atoms. The van der Waals surface area contributed by atoms with Crippen LogP contribution in [0.25, 0.3) is 0 Å². The number of carbonyl (C=O) groups excluding carboxylic acids is 2. The molecule has 0 aliphatic heterocycles. The molecular formula is C17H30O4. The third-order valence-corrected chi connectivity index (χ3v) is 3.02. The van der Waals surface area contributed by atoms with Crippen LogP contribution in [0.2, 0.25) is 0 Å². The molecule has 0 N–H and O–H groups in total. The average Bonchev–Trinajstić information content (AvgIpc) is 2.45. The molecule has 0 amide bonds. The van der Waals surface area contributed by atoms with Gasteiger partial charge in [-0.25, -0.2) is 9.59 Å². The minimum Gasteiger partial charge on any atom is -0.462 e. The van der Waals surface area contributed by atoms with Crippen molar-refractivity contribution in [3.8, 4) is 0 Å². The summed E-state index contributed by atoms with van der Waals surface area (Å²) in [5.74, 6) is -0.816. The molecule has 0 atom stereocenters. The highest BCUT2D eigenvalue weighted by atomic mass is 16.5. The van der Waals surface area contributed by atoms with Crippen molar-refractivity contribution < 1.29 is 19.1 Å². The predicted molar refractivity (Wildman–Crippen MR) is 83.9 cm³/mol. The summed E-state index contributed by atoms with van der Waals surface area (Å²) < 4.78 is 10.5. The Bertz CT molecular complexity index is 356. The fraction of sp³-hybridized carbons (Fsp3) is 0.765. The lowest BCUT2D eigenvalue weighted by molar-refractivity contribution is -0.143. The Morgan fingerprint density at radius 2 is 1.38 bits per heavy atom. The minimum atomic E-state index is -0.383. The minimum absolute atomic E-state index is 0.0598. The van der Waals surface area contributed by atoms with E-state index in [9.17, 15) is 9.59 Å². The Kier molecular flexibility index (Phi) is 10.6. The lowest BCUT2D eigenvalue weighted by Crippen LogP contribution is -2.20. The third kappa shape index (κ3) is 7.30. The number of rotatable bonds is 10. The topological polar surface area (TPSA) is 52.6 Å². The lowest BCUT2D eigenvalue weighted by Gasteiger charge is -2.16. The van der Waals surface area contributed by atoms with E-state index in [-0.39, 0.29) is 17.9 Å². The van der Waals surface area contributed by atoms with E-state index >= 15 is 0 Å². The zero-order valence-electron chi connectivity index (χ0n) is 14.2. The van der Waals surface area contributed by atoms with E-state index in [4.69, 9.17) is 9.47 Å². The molecule has 0 aromatic carbocycles. The van der Waals surface area contributed by atoms with Gasteiger partial charge in [-0.15, -0.1) is 0 Å². The fourth-order valence-electron chi connectivity index (χ4n) is 1.96. The van der Waals surface area contributed by atoms with Gasteiger partial charge < -0.3 is 9.47 Å².